The van der Waals surface area contributed by atoms with Crippen LogP contribution in [-0.4, -0.2) is 17.4 Å². The van der Waals surface area contributed by atoms with Crippen LogP contribution in [0.5, 0.6) is 0 Å². The lowest BCUT2D eigenvalue weighted by Gasteiger charge is -2.37. The fourth-order valence-corrected chi connectivity index (χ4v) is 3.89. The van der Waals surface area contributed by atoms with Crippen LogP contribution >= 0.6 is 0 Å². The van der Waals surface area contributed by atoms with Crippen LogP contribution in [0.1, 0.15) is 31.9 Å². The Balaban J connectivity index is 1.73. The fraction of sp³-hybridized carbons (Fsp3) is 0.208. The lowest BCUT2D eigenvalue weighted by molar-refractivity contribution is -0.128. The molecule has 0 saturated carbocycles. The molecule has 27 heavy (non-hydrogen) atoms. The summed E-state index contributed by atoms with van der Waals surface area (Å²) < 4.78 is 14.3. The number of halogens is 1. The third-order valence-corrected chi connectivity index (χ3v) is 5.55. The standard InChI is InChI=1S/C24H22FNO/c1-16-15-26(23(27)22(16)20-10-6-7-11-21(20)25)24(2,3)19-13-12-17-8-4-5-9-18(17)14-19/h4-14H,15H2,1-3H3. The molecule has 0 saturated heterocycles. The summed E-state index contributed by atoms with van der Waals surface area (Å²) >= 11 is 0. The lowest BCUT2D eigenvalue weighted by Crippen LogP contribution is -2.43. The highest BCUT2D eigenvalue weighted by Gasteiger charge is 2.40. The van der Waals surface area contributed by atoms with Gasteiger partial charge in [0, 0.05) is 12.1 Å². The highest BCUT2D eigenvalue weighted by Crippen LogP contribution is 2.38. The van der Waals surface area contributed by atoms with Crippen molar-refractivity contribution in [2.45, 2.75) is 26.3 Å². The highest BCUT2D eigenvalue weighted by molar-refractivity contribution is 6.22. The molecule has 0 aromatic heterocycles. The summed E-state index contributed by atoms with van der Waals surface area (Å²) in [4.78, 5) is 15.1. The van der Waals surface area contributed by atoms with Crippen molar-refractivity contribution in [3.8, 4) is 0 Å². The Morgan fingerprint density at radius 2 is 1.59 bits per heavy atom. The van der Waals surface area contributed by atoms with E-state index in [4.69, 9.17) is 0 Å². The molecule has 0 fully saturated rings. The Bertz CT molecular complexity index is 1080. The van der Waals surface area contributed by atoms with Gasteiger partial charge in [0.1, 0.15) is 5.82 Å². The van der Waals surface area contributed by atoms with Crippen molar-refractivity contribution in [2.24, 2.45) is 0 Å². The van der Waals surface area contributed by atoms with Crippen LogP contribution in [-0.2, 0) is 10.3 Å². The maximum absolute atomic E-state index is 14.3. The molecule has 0 aliphatic carbocycles. The first-order valence-electron chi connectivity index (χ1n) is 9.15. The van der Waals surface area contributed by atoms with Crippen molar-refractivity contribution in [1.29, 1.82) is 0 Å². The molecule has 0 unspecified atom stereocenters. The summed E-state index contributed by atoms with van der Waals surface area (Å²) in [7, 11) is 0. The Morgan fingerprint density at radius 1 is 0.926 bits per heavy atom. The average Bonchev–Trinajstić information content (AvgIpc) is 2.97. The fourth-order valence-electron chi connectivity index (χ4n) is 3.89. The van der Waals surface area contributed by atoms with Crippen molar-refractivity contribution >= 4 is 22.3 Å². The number of carbonyl (C=O) groups is 1. The SMILES string of the molecule is CC1=C(c2ccccc2F)C(=O)N(C(C)(C)c2ccc3ccccc3c2)C1. The first-order valence-corrected chi connectivity index (χ1v) is 9.15. The number of hydrogen-bond donors (Lipinski definition) is 0. The topological polar surface area (TPSA) is 20.3 Å². The van der Waals surface area contributed by atoms with Gasteiger partial charge in [-0.25, -0.2) is 4.39 Å². The Hall–Kier alpha value is -2.94. The average molecular weight is 359 g/mol. The maximum Gasteiger partial charge on any atom is 0.255 e. The second-order valence-corrected chi connectivity index (χ2v) is 7.65. The third-order valence-electron chi connectivity index (χ3n) is 5.55. The molecule has 3 aromatic rings. The first-order chi connectivity index (χ1) is 12.9. The number of nitrogens with zero attached hydrogens (tertiary/aromatic N) is 1. The molecule has 1 aliphatic heterocycles. The minimum atomic E-state index is -0.505. The van der Waals surface area contributed by atoms with Crippen LogP contribution in [0.4, 0.5) is 4.39 Å². The van der Waals surface area contributed by atoms with Crippen molar-refractivity contribution < 1.29 is 9.18 Å². The van der Waals surface area contributed by atoms with Gasteiger partial charge in [0.25, 0.3) is 5.91 Å². The molecular weight excluding hydrogens is 337 g/mol. The predicted octanol–water partition coefficient (Wildman–Crippen LogP) is 5.53. The summed E-state index contributed by atoms with van der Waals surface area (Å²) in [5.41, 5.74) is 2.34. The van der Waals surface area contributed by atoms with Gasteiger partial charge in [-0.2, -0.15) is 0 Å². The van der Waals surface area contributed by atoms with Gasteiger partial charge in [0.05, 0.1) is 11.1 Å². The summed E-state index contributed by atoms with van der Waals surface area (Å²) in [5, 5.41) is 2.32. The quantitative estimate of drug-likeness (QED) is 0.602. The van der Waals surface area contributed by atoms with E-state index >= 15 is 0 Å². The van der Waals surface area contributed by atoms with Crippen LogP contribution < -0.4 is 0 Å². The second kappa shape index (κ2) is 6.34. The van der Waals surface area contributed by atoms with Crippen LogP contribution in [0, 0.1) is 5.82 Å². The van der Waals surface area contributed by atoms with E-state index in [1.807, 2.05) is 37.8 Å². The van der Waals surface area contributed by atoms with Crippen molar-refractivity contribution in [3.05, 3.63) is 89.2 Å². The predicted molar refractivity (Wildman–Crippen MR) is 108 cm³/mol. The highest BCUT2D eigenvalue weighted by atomic mass is 19.1. The van der Waals surface area contributed by atoms with Crippen molar-refractivity contribution in [2.75, 3.05) is 6.54 Å². The van der Waals surface area contributed by atoms with Crippen LogP contribution in [0.15, 0.2) is 72.3 Å². The molecule has 0 atom stereocenters. The molecule has 3 aromatic carbocycles. The Labute approximate surface area is 158 Å². The van der Waals surface area contributed by atoms with E-state index in [9.17, 15) is 9.18 Å². The van der Waals surface area contributed by atoms with Crippen molar-refractivity contribution in [1.82, 2.24) is 4.90 Å². The number of carbonyl (C=O) groups excluding carboxylic acids is 1. The minimum absolute atomic E-state index is 0.115. The van der Waals surface area contributed by atoms with E-state index in [1.54, 1.807) is 18.2 Å². The molecule has 0 spiro atoms. The van der Waals surface area contributed by atoms with E-state index in [-0.39, 0.29) is 11.7 Å². The summed E-state index contributed by atoms with van der Waals surface area (Å²) in [6, 6.07) is 21.0. The van der Waals surface area contributed by atoms with E-state index in [0.717, 1.165) is 16.5 Å². The van der Waals surface area contributed by atoms with Gasteiger partial charge in [-0.3, -0.25) is 4.79 Å². The number of hydrogen-bond acceptors (Lipinski definition) is 1. The molecule has 1 aliphatic rings. The molecule has 3 heteroatoms. The van der Waals surface area contributed by atoms with Gasteiger partial charge in [-0.1, -0.05) is 54.6 Å². The summed E-state index contributed by atoms with van der Waals surface area (Å²) in [6.07, 6.45) is 0. The Kier molecular flexibility index (Phi) is 4.11. The first kappa shape index (κ1) is 17.5. The smallest absolute Gasteiger partial charge is 0.255 e. The molecule has 136 valence electrons. The molecule has 4 rings (SSSR count). The summed E-state index contributed by atoms with van der Waals surface area (Å²) in [6.45, 7) is 6.51. The molecule has 1 heterocycles. The zero-order chi connectivity index (χ0) is 19.2. The van der Waals surface area contributed by atoms with Crippen LogP contribution in [0.3, 0.4) is 0 Å². The van der Waals surface area contributed by atoms with Crippen molar-refractivity contribution in [3.63, 3.8) is 0 Å². The normalized spacial score (nSPS) is 15.1. The van der Waals surface area contributed by atoms with Gasteiger partial charge in [-0.15, -0.1) is 0 Å². The number of rotatable bonds is 3. The van der Waals surface area contributed by atoms with Crippen LogP contribution in [0.2, 0.25) is 0 Å². The zero-order valence-corrected chi connectivity index (χ0v) is 15.8. The minimum Gasteiger partial charge on any atom is -0.325 e. The molecule has 0 N–H and O–H groups in total. The summed E-state index contributed by atoms with van der Waals surface area (Å²) in [5.74, 6) is -0.471. The van der Waals surface area contributed by atoms with E-state index in [0.29, 0.717) is 17.7 Å². The molecule has 0 radical (unpaired) electrons. The van der Waals surface area contributed by atoms with Gasteiger partial charge in [0.2, 0.25) is 0 Å². The van der Waals surface area contributed by atoms with E-state index in [2.05, 4.69) is 30.3 Å². The van der Waals surface area contributed by atoms with E-state index < -0.39 is 5.54 Å². The Morgan fingerprint density at radius 3 is 2.33 bits per heavy atom. The van der Waals surface area contributed by atoms with Crippen LogP contribution in [0.25, 0.3) is 16.3 Å². The van der Waals surface area contributed by atoms with Gasteiger partial charge in [-0.05, 0) is 54.8 Å². The molecular formula is C24H22FNO. The third kappa shape index (κ3) is 2.84. The largest absolute Gasteiger partial charge is 0.325 e. The number of fused-ring (bicyclic) bond motifs is 1. The molecule has 0 bridgehead atoms. The molecule has 1 amide bonds. The lowest BCUT2D eigenvalue weighted by atomic mass is 9.90. The molecule has 2 nitrogen and oxygen atoms in total. The number of amides is 1. The zero-order valence-electron chi connectivity index (χ0n) is 15.8. The van der Waals surface area contributed by atoms with E-state index in [1.165, 1.54) is 11.5 Å². The van der Waals surface area contributed by atoms with Gasteiger partial charge < -0.3 is 4.90 Å². The second-order valence-electron chi connectivity index (χ2n) is 7.65. The maximum atomic E-state index is 14.3. The monoisotopic (exact) mass is 359 g/mol. The van der Waals surface area contributed by atoms with Gasteiger partial charge >= 0.3 is 0 Å². The number of benzene rings is 3. The van der Waals surface area contributed by atoms with Gasteiger partial charge in [0.15, 0.2) is 0 Å².